The van der Waals surface area contributed by atoms with Crippen LogP contribution in [0.25, 0.3) is 0 Å². The first-order valence-corrected chi connectivity index (χ1v) is 7.31. The summed E-state index contributed by atoms with van der Waals surface area (Å²) in [6.07, 6.45) is 2.09. The number of hydrogen-bond acceptors (Lipinski definition) is 3. The van der Waals surface area contributed by atoms with E-state index in [0.717, 1.165) is 17.3 Å². The second-order valence-corrected chi connectivity index (χ2v) is 6.13. The third kappa shape index (κ3) is 3.43. The Kier molecular flexibility index (Phi) is 4.55. The number of aliphatic hydroxyl groups excluding tert-OH is 1. The minimum Gasteiger partial charge on any atom is -0.496 e. The first-order chi connectivity index (χ1) is 9.48. The summed E-state index contributed by atoms with van der Waals surface area (Å²) in [5.74, 6) is 1.06. The van der Waals surface area contributed by atoms with E-state index in [2.05, 4.69) is 26.6 Å². The van der Waals surface area contributed by atoms with Gasteiger partial charge in [0, 0.05) is 5.69 Å². The molecule has 0 heterocycles. The van der Waals surface area contributed by atoms with Crippen molar-refractivity contribution in [2.45, 2.75) is 25.3 Å². The average Bonchev–Trinajstić information content (AvgIpc) is 3.23. The van der Waals surface area contributed by atoms with Gasteiger partial charge in [-0.25, -0.2) is 4.79 Å². The Morgan fingerprint density at radius 2 is 2.25 bits per heavy atom. The number of carbonyl (C=O) groups excluding carboxylic acids is 1. The molecule has 3 N–H and O–H groups in total. The molecule has 0 aromatic heterocycles. The summed E-state index contributed by atoms with van der Waals surface area (Å²) in [5, 5.41) is 15.1. The Morgan fingerprint density at radius 1 is 1.55 bits per heavy atom. The molecule has 5 nitrogen and oxygen atoms in total. The van der Waals surface area contributed by atoms with Crippen LogP contribution < -0.4 is 15.4 Å². The normalized spacial score (nSPS) is 17.2. The van der Waals surface area contributed by atoms with Gasteiger partial charge in [0.25, 0.3) is 0 Å². The number of nitrogens with one attached hydrogen (secondary N) is 2. The molecule has 2 amide bonds. The van der Waals surface area contributed by atoms with Crippen molar-refractivity contribution in [2.24, 2.45) is 5.92 Å². The Bertz CT molecular complexity index is 505. The highest BCUT2D eigenvalue weighted by molar-refractivity contribution is 9.10. The highest BCUT2D eigenvalue weighted by Gasteiger charge is 2.42. The van der Waals surface area contributed by atoms with Gasteiger partial charge in [0.2, 0.25) is 0 Å². The Morgan fingerprint density at radius 3 is 2.75 bits per heavy atom. The van der Waals surface area contributed by atoms with Crippen LogP contribution in [0.5, 0.6) is 5.75 Å². The SMILES string of the molecule is COc1ccc(NC(=O)N[C@](C)(CO)C2CC2)cc1Br. The first kappa shape index (κ1) is 15.1. The minimum absolute atomic E-state index is 0.0581. The maximum atomic E-state index is 12.0. The molecule has 0 aliphatic heterocycles. The van der Waals surface area contributed by atoms with Gasteiger partial charge in [-0.3, -0.25) is 0 Å². The fourth-order valence-corrected chi connectivity index (χ4v) is 2.70. The summed E-state index contributed by atoms with van der Waals surface area (Å²) < 4.78 is 5.90. The average molecular weight is 343 g/mol. The molecule has 1 atom stereocenters. The molecule has 110 valence electrons. The van der Waals surface area contributed by atoms with Crippen LogP contribution in [-0.2, 0) is 0 Å². The number of hydrogen-bond donors (Lipinski definition) is 3. The summed E-state index contributed by atoms with van der Waals surface area (Å²) in [5.41, 5.74) is 0.111. The van der Waals surface area contributed by atoms with Gasteiger partial charge in [0.05, 0.1) is 23.7 Å². The van der Waals surface area contributed by atoms with E-state index in [0.29, 0.717) is 17.4 Å². The van der Waals surface area contributed by atoms with Crippen molar-refractivity contribution >= 4 is 27.6 Å². The van der Waals surface area contributed by atoms with Crippen molar-refractivity contribution in [2.75, 3.05) is 19.0 Å². The molecule has 2 rings (SSSR count). The van der Waals surface area contributed by atoms with E-state index in [4.69, 9.17) is 4.74 Å². The third-order valence-electron chi connectivity index (χ3n) is 3.62. The molecular weight excluding hydrogens is 324 g/mol. The largest absolute Gasteiger partial charge is 0.496 e. The van der Waals surface area contributed by atoms with E-state index < -0.39 is 5.54 Å². The van der Waals surface area contributed by atoms with Crippen molar-refractivity contribution in [1.82, 2.24) is 5.32 Å². The zero-order valence-corrected chi connectivity index (χ0v) is 13.2. The predicted octanol–water partition coefficient (Wildman–Crippen LogP) is 2.74. The lowest BCUT2D eigenvalue weighted by Gasteiger charge is -2.28. The van der Waals surface area contributed by atoms with E-state index in [1.165, 1.54) is 0 Å². The number of carbonyl (C=O) groups is 1. The molecule has 6 heteroatoms. The number of anilines is 1. The second kappa shape index (κ2) is 6.01. The highest BCUT2D eigenvalue weighted by atomic mass is 79.9. The van der Waals surface area contributed by atoms with Crippen molar-refractivity contribution in [3.63, 3.8) is 0 Å². The lowest BCUT2D eigenvalue weighted by Crippen LogP contribution is -2.52. The van der Waals surface area contributed by atoms with Gasteiger partial charge in [-0.1, -0.05) is 0 Å². The monoisotopic (exact) mass is 342 g/mol. The van der Waals surface area contributed by atoms with Crippen molar-refractivity contribution < 1.29 is 14.6 Å². The van der Waals surface area contributed by atoms with Crippen LogP contribution in [-0.4, -0.2) is 30.4 Å². The topological polar surface area (TPSA) is 70.6 Å². The van der Waals surface area contributed by atoms with Crippen LogP contribution in [0.1, 0.15) is 19.8 Å². The van der Waals surface area contributed by atoms with E-state index in [1.54, 1.807) is 25.3 Å². The number of rotatable bonds is 5. The molecule has 0 unspecified atom stereocenters. The maximum absolute atomic E-state index is 12.0. The number of aliphatic hydroxyl groups is 1. The number of ether oxygens (including phenoxy) is 1. The van der Waals surface area contributed by atoms with E-state index in [9.17, 15) is 9.90 Å². The zero-order chi connectivity index (χ0) is 14.8. The molecule has 0 spiro atoms. The van der Waals surface area contributed by atoms with Crippen LogP contribution in [0.4, 0.5) is 10.5 Å². The number of benzene rings is 1. The molecule has 1 aliphatic rings. The third-order valence-corrected chi connectivity index (χ3v) is 4.24. The summed E-state index contributed by atoms with van der Waals surface area (Å²) in [4.78, 5) is 12.0. The Labute approximate surface area is 126 Å². The van der Waals surface area contributed by atoms with Crippen LogP contribution in [0.3, 0.4) is 0 Å². The Balaban J connectivity index is 1.99. The molecule has 1 aromatic rings. The number of halogens is 1. The summed E-state index contributed by atoms with van der Waals surface area (Å²) >= 11 is 3.37. The van der Waals surface area contributed by atoms with E-state index in [-0.39, 0.29) is 12.6 Å². The summed E-state index contributed by atoms with van der Waals surface area (Å²) in [6, 6.07) is 4.99. The maximum Gasteiger partial charge on any atom is 0.319 e. The highest BCUT2D eigenvalue weighted by Crippen LogP contribution is 2.39. The first-order valence-electron chi connectivity index (χ1n) is 6.52. The summed E-state index contributed by atoms with van der Waals surface area (Å²) in [6.45, 7) is 1.81. The van der Waals surface area contributed by atoms with Crippen molar-refractivity contribution in [3.8, 4) is 5.75 Å². The summed E-state index contributed by atoms with van der Waals surface area (Å²) in [7, 11) is 1.59. The lowest BCUT2D eigenvalue weighted by atomic mass is 9.97. The Hall–Kier alpha value is -1.27. The fraction of sp³-hybridized carbons (Fsp3) is 0.500. The molecule has 1 aromatic carbocycles. The smallest absolute Gasteiger partial charge is 0.319 e. The van der Waals surface area contributed by atoms with E-state index >= 15 is 0 Å². The lowest BCUT2D eigenvalue weighted by molar-refractivity contribution is 0.159. The fourth-order valence-electron chi connectivity index (χ4n) is 2.16. The minimum atomic E-state index is -0.548. The molecule has 20 heavy (non-hydrogen) atoms. The number of amides is 2. The number of urea groups is 1. The zero-order valence-electron chi connectivity index (χ0n) is 11.6. The van der Waals surface area contributed by atoms with Crippen LogP contribution >= 0.6 is 15.9 Å². The van der Waals surface area contributed by atoms with Crippen LogP contribution in [0, 0.1) is 5.92 Å². The second-order valence-electron chi connectivity index (χ2n) is 5.28. The van der Waals surface area contributed by atoms with Crippen LogP contribution in [0.15, 0.2) is 22.7 Å². The molecule has 1 fully saturated rings. The predicted molar refractivity (Wildman–Crippen MR) is 81.1 cm³/mol. The standard InChI is InChI=1S/C14H19BrN2O3/c1-14(8-18,9-3-4-9)17-13(19)16-10-5-6-12(20-2)11(15)7-10/h5-7,9,18H,3-4,8H2,1-2H3,(H2,16,17,19)/t14-/m1/s1. The number of methoxy groups -OCH3 is 1. The van der Waals surface area contributed by atoms with Crippen molar-refractivity contribution in [3.05, 3.63) is 22.7 Å². The van der Waals surface area contributed by atoms with Gasteiger partial charge >= 0.3 is 6.03 Å². The molecule has 0 radical (unpaired) electrons. The molecule has 0 bridgehead atoms. The van der Waals surface area contributed by atoms with Gasteiger partial charge in [0.15, 0.2) is 0 Å². The molecule has 1 saturated carbocycles. The van der Waals surface area contributed by atoms with E-state index in [1.807, 2.05) is 6.92 Å². The van der Waals surface area contributed by atoms with Gasteiger partial charge < -0.3 is 20.5 Å². The van der Waals surface area contributed by atoms with Gasteiger partial charge in [-0.15, -0.1) is 0 Å². The van der Waals surface area contributed by atoms with Gasteiger partial charge in [-0.05, 0) is 59.8 Å². The van der Waals surface area contributed by atoms with Crippen molar-refractivity contribution in [1.29, 1.82) is 0 Å². The quantitative estimate of drug-likeness (QED) is 0.770. The van der Waals surface area contributed by atoms with Gasteiger partial charge in [0.1, 0.15) is 5.75 Å². The van der Waals surface area contributed by atoms with Crippen LogP contribution in [0.2, 0.25) is 0 Å². The van der Waals surface area contributed by atoms with Gasteiger partial charge in [-0.2, -0.15) is 0 Å². The molecule has 1 aliphatic carbocycles. The molecular formula is C14H19BrN2O3. The molecule has 0 saturated heterocycles.